The Labute approximate surface area is 138 Å². The van der Waals surface area contributed by atoms with Gasteiger partial charge in [-0.3, -0.25) is 19.2 Å². The van der Waals surface area contributed by atoms with Gasteiger partial charge in [0.25, 0.3) is 0 Å². The summed E-state index contributed by atoms with van der Waals surface area (Å²) in [7, 11) is 1.29. The molecule has 1 heterocycles. The van der Waals surface area contributed by atoms with Crippen molar-refractivity contribution in [2.75, 3.05) is 7.11 Å². The Balaban J connectivity index is 3.23. The molecule has 0 aromatic heterocycles. The second kappa shape index (κ2) is 8.60. The van der Waals surface area contributed by atoms with Crippen LogP contribution in [0, 0.1) is 0 Å². The topological polar surface area (TPSA) is 126 Å². The zero-order chi connectivity index (χ0) is 18.4. The van der Waals surface area contributed by atoms with Crippen LogP contribution in [0.3, 0.4) is 0 Å². The summed E-state index contributed by atoms with van der Waals surface area (Å²) in [6, 6.07) is -0.979. The third kappa shape index (κ3) is 5.46. The SMILES string of the molecule is COC1OC(OC(C)=O)C(OC(C)=O)C(OC(C)=O)C1NC(C)=O. The lowest BCUT2D eigenvalue weighted by molar-refractivity contribution is -0.316. The van der Waals surface area contributed by atoms with Gasteiger partial charge in [0.05, 0.1) is 0 Å². The van der Waals surface area contributed by atoms with E-state index in [0.717, 1.165) is 20.8 Å². The summed E-state index contributed by atoms with van der Waals surface area (Å²) in [5, 5.41) is 2.52. The highest BCUT2D eigenvalue weighted by molar-refractivity contribution is 5.73. The minimum Gasteiger partial charge on any atom is -0.456 e. The van der Waals surface area contributed by atoms with Crippen molar-refractivity contribution in [3.05, 3.63) is 0 Å². The molecule has 10 heteroatoms. The predicted octanol–water partition coefficient (Wildman–Crippen LogP) is -0.754. The lowest BCUT2D eigenvalue weighted by atomic mass is 10.00. The summed E-state index contributed by atoms with van der Waals surface area (Å²) in [5.74, 6) is -2.55. The second-order valence-corrected chi connectivity index (χ2v) is 5.09. The zero-order valence-electron chi connectivity index (χ0n) is 14.1. The molecule has 1 saturated heterocycles. The van der Waals surface area contributed by atoms with Gasteiger partial charge in [-0.15, -0.1) is 0 Å². The fourth-order valence-electron chi connectivity index (χ4n) is 2.30. The van der Waals surface area contributed by atoms with Gasteiger partial charge in [0.2, 0.25) is 18.3 Å². The number of rotatable bonds is 5. The maximum absolute atomic E-state index is 11.4. The Morgan fingerprint density at radius 2 is 1.29 bits per heavy atom. The van der Waals surface area contributed by atoms with Crippen LogP contribution in [0.1, 0.15) is 27.7 Å². The van der Waals surface area contributed by atoms with E-state index < -0.39 is 54.6 Å². The molecule has 1 N–H and O–H groups in total. The second-order valence-electron chi connectivity index (χ2n) is 5.09. The molecular weight excluding hydrogens is 326 g/mol. The van der Waals surface area contributed by atoms with E-state index in [4.69, 9.17) is 23.7 Å². The van der Waals surface area contributed by atoms with Gasteiger partial charge in [0.15, 0.2) is 12.4 Å². The molecule has 1 rings (SSSR count). The summed E-state index contributed by atoms with van der Waals surface area (Å²) < 4.78 is 25.8. The predicted molar refractivity (Wildman–Crippen MR) is 76.1 cm³/mol. The standard InChI is InChI=1S/C14H21NO9/c1-6(16)15-10-11(21-7(2)17)12(22-8(3)18)14(23-9(4)19)24-13(10)20-5/h10-14H,1-5H3,(H,15,16). The molecule has 0 radical (unpaired) electrons. The van der Waals surface area contributed by atoms with Gasteiger partial charge in [-0.25, -0.2) is 0 Å². The van der Waals surface area contributed by atoms with Gasteiger partial charge in [-0.05, 0) is 0 Å². The van der Waals surface area contributed by atoms with Crippen molar-refractivity contribution in [3.63, 3.8) is 0 Å². The van der Waals surface area contributed by atoms with Gasteiger partial charge >= 0.3 is 17.9 Å². The van der Waals surface area contributed by atoms with Crippen LogP contribution in [0.2, 0.25) is 0 Å². The van der Waals surface area contributed by atoms with Crippen molar-refractivity contribution in [1.82, 2.24) is 5.32 Å². The molecule has 10 nitrogen and oxygen atoms in total. The zero-order valence-corrected chi connectivity index (χ0v) is 14.1. The number of amides is 1. The lowest BCUT2D eigenvalue weighted by Gasteiger charge is -2.43. The highest BCUT2D eigenvalue weighted by Crippen LogP contribution is 2.27. The molecule has 0 aromatic carbocycles. The van der Waals surface area contributed by atoms with Gasteiger partial charge < -0.3 is 29.0 Å². The normalized spacial score (nSPS) is 29.3. The largest absolute Gasteiger partial charge is 0.456 e. The average Bonchev–Trinajstić information content (AvgIpc) is 2.42. The number of hydrogen-bond acceptors (Lipinski definition) is 9. The Kier molecular flexibility index (Phi) is 7.11. The van der Waals surface area contributed by atoms with E-state index in [1.165, 1.54) is 14.0 Å². The van der Waals surface area contributed by atoms with Crippen molar-refractivity contribution in [1.29, 1.82) is 0 Å². The third-order valence-corrected chi connectivity index (χ3v) is 3.00. The van der Waals surface area contributed by atoms with Crippen molar-refractivity contribution in [2.45, 2.75) is 58.5 Å². The van der Waals surface area contributed by atoms with E-state index in [1.807, 2.05) is 0 Å². The first-order chi connectivity index (χ1) is 11.1. The molecule has 5 unspecified atom stereocenters. The number of hydrogen-bond donors (Lipinski definition) is 1. The van der Waals surface area contributed by atoms with Crippen LogP contribution in [0.15, 0.2) is 0 Å². The highest BCUT2D eigenvalue weighted by Gasteiger charge is 2.52. The quantitative estimate of drug-likeness (QED) is 0.504. The summed E-state index contributed by atoms with van der Waals surface area (Å²) in [4.78, 5) is 45.5. The molecule has 0 aromatic rings. The molecule has 1 amide bonds. The van der Waals surface area contributed by atoms with Crippen LogP contribution < -0.4 is 5.32 Å². The van der Waals surface area contributed by atoms with Crippen molar-refractivity contribution >= 4 is 23.8 Å². The van der Waals surface area contributed by atoms with E-state index in [2.05, 4.69) is 5.32 Å². The summed E-state index contributed by atoms with van der Waals surface area (Å²) >= 11 is 0. The summed E-state index contributed by atoms with van der Waals surface area (Å²) in [6.45, 7) is 4.66. The molecule has 5 atom stereocenters. The van der Waals surface area contributed by atoms with Crippen LogP contribution >= 0.6 is 0 Å². The minimum atomic E-state index is -1.37. The fraction of sp³-hybridized carbons (Fsp3) is 0.714. The molecule has 136 valence electrons. The van der Waals surface area contributed by atoms with Gasteiger partial charge in [0.1, 0.15) is 6.04 Å². The van der Waals surface area contributed by atoms with Gasteiger partial charge in [0, 0.05) is 34.8 Å². The highest BCUT2D eigenvalue weighted by atomic mass is 16.8. The van der Waals surface area contributed by atoms with Crippen molar-refractivity contribution in [2.24, 2.45) is 0 Å². The molecule has 0 aliphatic carbocycles. The number of carbonyl (C=O) groups is 4. The third-order valence-electron chi connectivity index (χ3n) is 3.00. The van der Waals surface area contributed by atoms with Gasteiger partial charge in [-0.2, -0.15) is 0 Å². The summed E-state index contributed by atoms with van der Waals surface area (Å²) in [5.41, 5.74) is 0. The maximum Gasteiger partial charge on any atom is 0.305 e. The monoisotopic (exact) mass is 347 g/mol. The van der Waals surface area contributed by atoms with E-state index in [0.29, 0.717) is 0 Å². The average molecular weight is 347 g/mol. The Bertz CT molecular complexity index is 506. The molecular formula is C14H21NO9. The molecule has 0 spiro atoms. The van der Waals surface area contributed by atoms with Crippen molar-refractivity contribution < 1.29 is 42.9 Å². The number of carbonyl (C=O) groups excluding carboxylic acids is 4. The molecule has 24 heavy (non-hydrogen) atoms. The first kappa shape index (κ1) is 19.8. The first-order valence-electron chi connectivity index (χ1n) is 7.12. The minimum absolute atomic E-state index is 0.449. The van der Waals surface area contributed by atoms with Gasteiger partial charge in [-0.1, -0.05) is 0 Å². The van der Waals surface area contributed by atoms with E-state index in [-0.39, 0.29) is 0 Å². The lowest BCUT2D eigenvalue weighted by Crippen LogP contribution is -2.66. The van der Waals surface area contributed by atoms with Crippen molar-refractivity contribution in [3.8, 4) is 0 Å². The Morgan fingerprint density at radius 1 is 0.792 bits per heavy atom. The number of ether oxygens (including phenoxy) is 5. The van der Waals surface area contributed by atoms with E-state index >= 15 is 0 Å². The molecule has 0 bridgehead atoms. The molecule has 1 fully saturated rings. The van der Waals surface area contributed by atoms with E-state index in [1.54, 1.807) is 0 Å². The van der Waals surface area contributed by atoms with Crippen LogP contribution in [-0.4, -0.2) is 61.8 Å². The Hall–Kier alpha value is -2.20. The van der Waals surface area contributed by atoms with E-state index in [9.17, 15) is 19.2 Å². The van der Waals surface area contributed by atoms with Crippen LogP contribution in [-0.2, 0) is 42.9 Å². The molecule has 1 aliphatic heterocycles. The maximum atomic E-state index is 11.4. The summed E-state index contributed by atoms with van der Waals surface area (Å²) in [6.07, 6.45) is -4.93. The number of nitrogens with one attached hydrogen (secondary N) is 1. The smallest absolute Gasteiger partial charge is 0.305 e. The Morgan fingerprint density at radius 3 is 1.71 bits per heavy atom. The van der Waals surface area contributed by atoms with Crippen LogP contribution in [0.25, 0.3) is 0 Å². The number of methoxy groups -OCH3 is 1. The number of esters is 3. The molecule has 0 saturated carbocycles. The van der Waals surface area contributed by atoms with Crippen LogP contribution in [0.4, 0.5) is 0 Å². The first-order valence-corrected chi connectivity index (χ1v) is 7.12. The molecule has 1 aliphatic rings. The van der Waals surface area contributed by atoms with Crippen LogP contribution in [0.5, 0.6) is 0 Å². The fourth-order valence-corrected chi connectivity index (χ4v) is 2.30.